The van der Waals surface area contributed by atoms with Crippen LogP contribution >= 0.6 is 15.9 Å². The number of halogens is 7. The first kappa shape index (κ1) is 43.8. The van der Waals surface area contributed by atoms with Crippen LogP contribution in [0.3, 0.4) is 0 Å². The molecule has 0 unspecified atom stereocenters. The molecule has 6 nitrogen and oxygen atoms in total. The van der Waals surface area contributed by atoms with E-state index in [0.717, 1.165) is 31.1 Å². The normalized spacial score (nSPS) is 11.5. The minimum Gasteiger partial charge on any atom is -0.384 e. The Balaban J connectivity index is 0.000000672. The minimum atomic E-state index is -4.51. The molecule has 2 aromatic heterocycles. The third kappa shape index (κ3) is 15.6. The van der Waals surface area contributed by atoms with E-state index >= 15 is 0 Å². The van der Waals surface area contributed by atoms with E-state index in [9.17, 15) is 26.3 Å². The van der Waals surface area contributed by atoms with Crippen molar-refractivity contribution in [1.82, 2.24) is 9.97 Å². The van der Waals surface area contributed by atoms with E-state index in [-0.39, 0.29) is 34.0 Å². The number of pyridine rings is 2. The zero-order chi connectivity index (χ0) is 35.6. The van der Waals surface area contributed by atoms with Crippen molar-refractivity contribution in [1.29, 1.82) is 0 Å². The molecule has 0 spiro atoms. The summed E-state index contributed by atoms with van der Waals surface area (Å²) in [7, 11) is 0. The fourth-order valence-corrected chi connectivity index (χ4v) is 19.6. The topological polar surface area (TPSA) is 96.3 Å². The number of ether oxygens (including phenoxy) is 2. The summed E-state index contributed by atoms with van der Waals surface area (Å²) in [5.41, 5.74) is 8.42. The first-order valence-electron chi connectivity index (χ1n) is 15.4. The molecule has 0 radical (unpaired) electrons. The van der Waals surface area contributed by atoms with E-state index < -0.39 is 41.9 Å². The van der Waals surface area contributed by atoms with Crippen LogP contribution in [0.15, 0.2) is 45.9 Å². The molecule has 0 aliphatic carbocycles. The largest absolute Gasteiger partial charge is 0.417 e. The van der Waals surface area contributed by atoms with Crippen molar-refractivity contribution in [3.63, 3.8) is 0 Å². The molecule has 4 N–H and O–H groups in total. The number of nitrogen functional groups attached to an aromatic ring is 2. The Bertz CT molecular complexity index is 1190. The van der Waals surface area contributed by atoms with Crippen molar-refractivity contribution in [3.05, 3.63) is 62.6 Å². The second-order valence-electron chi connectivity index (χ2n) is 10.5. The number of aromatic nitrogens is 2. The fraction of sp³-hybridized carbons (Fsp3) is 0.562. The van der Waals surface area contributed by atoms with Crippen molar-refractivity contribution in [2.24, 2.45) is 0 Å². The minimum absolute atomic E-state index is 0.0673. The molecule has 14 heteroatoms. The zero-order valence-electron chi connectivity index (χ0n) is 27.5. The van der Waals surface area contributed by atoms with Gasteiger partial charge in [-0.05, 0) is 35.0 Å². The Kier molecular flexibility index (Phi) is 20.6. The van der Waals surface area contributed by atoms with Crippen LogP contribution in [0.25, 0.3) is 5.76 Å². The first-order chi connectivity index (χ1) is 21.4. The van der Waals surface area contributed by atoms with Gasteiger partial charge in [-0.3, -0.25) is 0 Å². The molecule has 46 heavy (non-hydrogen) atoms. The van der Waals surface area contributed by atoms with Gasteiger partial charge in [0.25, 0.3) is 0 Å². The van der Waals surface area contributed by atoms with Crippen LogP contribution in [-0.2, 0) is 21.8 Å². The number of unbranched alkanes of at least 4 members (excludes halogenated alkanes) is 3. The van der Waals surface area contributed by atoms with Crippen LogP contribution in [0.1, 0.15) is 89.8 Å². The summed E-state index contributed by atoms with van der Waals surface area (Å²) in [4.78, 5) is 7.08. The number of alkyl halides is 6. The van der Waals surface area contributed by atoms with Gasteiger partial charge >= 0.3 is 132 Å². The molecular formula is C32H49BrF6N4O2Sn. The van der Waals surface area contributed by atoms with Crippen molar-refractivity contribution in [3.8, 4) is 0 Å². The predicted octanol–water partition coefficient (Wildman–Crippen LogP) is 11.1. The Morgan fingerprint density at radius 2 is 1.15 bits per heavy atom. The van der Waals surface area contributed by atoms with Crippen LogP contribution in [0.5, 0.6) is 0 Å². The number of nitrogens with zero attached hydrogens (tertiary/aromatic N) is 2. The molecule has 2 rings (SSSR count). The van der Waals surface area contributed by atoms with Crippen LogP contribution in [0.2, 0.25) is 13.3 Å². The van der Waals surface area contributed by atoms with Gasteiger partial charge in [0.05, 0.1) is 17.7 Å². The smallest absolute Gasteiger partial charge is 0.384 e. The van der Waals surface area contributed by atoms with Crippen molar-refractivity contribution < 1.29 is 35.8 Å². The van der Waals surface area contributed by atoms with Gasteiger partial charge in [-0.15, -0.1) is 0 Å². The molecule has 2 heterocycles. The zero-order valence-corrected chi connectivity index (χ0v) is 32.0. The van der Waals surface area contributed by atoms with E-state index in [0.29, 0.717) is 0 Å². The number of hydrogen-bond donors (Lipinski definition) is 2. The predicted molar refractivity (Wildman–Crippen MR) is 181 cm³/mol. The van der Waals surface area contributed by atoms with E-state index in [1.807, 2.05) is 0 Å². The summed E-state index contributed by atoms with van der Waals surface area (Å²) in [5, 5.41) is 0. The quantitative estimate of drug-likeness (QED) is 0.105. The molecule has 0 aromatic carbocycles. The molecule has 2 aromatic rings. The molecule has 0 saturated carbocycles. The summed E-state index contributed by atoms with van der Waals surface area (Å²) in [6.45, 7) is 19.5. The molecular weight excluding hydrogens is 785 g/mol. The summed E-state index contributed by atoms with van der Waals surface area (Å²) in [5.74, 6) is -0.409. The Morgan fingerprint density at radius 1 is 0.739 bits per heavy atom. The third-order valence-corrected chi connectivity index (χ3v) is 22.6. The van der Waals surface area contributed by atoms with E-state index in [4.69, 9.17) is 20.9 Å². The molecule has 0 amide bonds. The van der Waals surface area contributed by atoms with Crippen LogP contribution in [0.4, 0.5) is 38.0 Å². The second-order valence-corrected chi connectivity index (χ2v) is 24.6. The SMILES string of the molecule is C=C(OCC)c1cnc(N)cc1C(F)(F)F.C=[C](OCC)[Sn]([CH2]CCC)([CH2]CCC)[CH2]CCC.Nc1cc(C(F)(F)F)c(Br)cn1. The Morgan fingerprint density at radius 3 is 1.52 bits per heavy atom. The van der Waals surface area contributed by atoms with E-state index in [2.05, 4.69) is 66.8 Å². The summed E-state index contributed by atoms with van der Waals surface area (Å²) < 4.78 is 90.7. The molecule has 0 aliphatic rings. The average Bonchev–Trinajstić information content (AvgIpc) is 2.98. The molecule has 262 valence electrons. The standard InChI is InChI=1S/C10H11F3N2O.C6H4BrF3N2.C4H7O.3C4H9.Sn/c1-3-16-6(2)7-5-15-9(14)4-8(7)10(11,12)13;7-4-2-12-5(11)1-3(4)6(8,9)10;1-3-5-4-2;3*1-3-4-2;/h4-5H,2-3H2,1H3,(H2,14,15);1-2H,(H2,11,12);1,4H2,2H3;3*1,3-4H2,2H3;. The summed E-state index contributed by atoms with van der Waals surface area (Å²) in [6.07, 6.45) is 1.24. The van der Waals surface area contributed by atoms with Gasteiger partial charge in [0.1, 0.15) is 17.4 Å². The third-order valence-electron chi connectivity index (χ3n) is 6.97. The van der Waals surface area contributed by atoms with Crippen LogP contribution < -0.4 is 11.5 Å². The Hall–Kier alpha value is -2.16. The van der Waals surface area contributed by atoms with Gasteiger partial charge in [0.15, 0.2) is 0 Å². The van der Waals surface area contributed by atoms with Gasteiger partial charge in [0.2, 0.25) is 0 Å². The number of anilines is 2. The fourth-order valence-electron chi connectivity index (χ4n) is 4.52. The number of rotatable bonds is 15. The van der Waals surface area contributed by atoms with Gasteiger partial charge in [-0.25, -0.2) is 9.97 Å². The monoisotopic (exact) mass is 834 g/mol. The molecule has 0 saturated heterocycles. The van der Waals surface area contributed by atoms with Crippen molar-refractivity contribution in [2.45, 2.75) is 98.8 Å². The maximum atomic E-state index is 12.6. The molecule has 0 aliphatic heterocycles. The maximum Gasteiger partial charge on any atom is 0.417 e. The van der Waals surface area contributed by atoms with Gasteiger partial charge < -0.3 is 16.2 Å². The first-order valence-corrected chi connectivity index (χ1v) is 23.7. The van der Waals surface area contributed by atoms with E-state index in [1.54, 1.807) is 6.92 Å². The second kappa shape index (κ2) is 21.7. The average molecular weight is 834 g/mol. The van der Waals surface area contributed by atoms with Gasteiger partial charge in [0, 0.05) is 22.4 Å². The maximum absolute atomic E-state index is 12.6. The van der Waals surface area contributed by atoms with E-state index in [1.165, 1.54) is 55.6 Å². The van der Waals surface area contributed by atoms with Gasteiger partial charge in [-0.1, -0.05) is 6.58 Å². The molecule has 0 fully saturated rings. The molecule has 0 atom stereocenters. The van der Waals surface area contributed by atoms with Crippen LogP contribution in [-0.4, -0.2) is 41.6 Å². The summed E-state index contributed by atoms with van der Waals surface area (Å²) in [6, 6.07) is 1.55. The summed E-state index contributed by atoms with van der Waals surface area (Å²) >= 11 is 0.485. The van der Waals surface area contributed by atoms with Crippen LogP contribution in [0, 0.1) is 0 Å². The Labute approximate surface area is 282 Å². The number of hydrogen-bond acceptors (Lipinski definition) is 6. The van der Waals surface area contributed by atoms with Crippen molar-refractivity contribution >= 4 is 51.7 Å². The van der Waals surface area contributed by atoms with Gasteiger partial charge in [-0.2, -0.15) is 26.3 Å². The number of nitrogens with two attached hydrogens (primary N) is 2. The van der Waals surface area contributed by atoms with Crippen molar-refractivity contribution in [2.75, 3.05) is 24.7 Å². The molecule has 0 bridgehead atoms.